The minimum absolute atomic E-state index is 0.0902. The highest BCUT2D eigenvalue weighted by molar-refractivity contribution is 7.89. The van der Waals surface area contributed by atoms with Gasteiger partial charge >= 0.3 is 0 Å². The zero-order chi connectivity index (χ0) is 18.0. The number of nitrogens with two attached hydrogens (primary N) is 1. The Labute approximate surface area is 150 Å². The predicted molar refractivity (Wildman–Crippen MR) is 102 cm³/mol. The lowest BCUT2D eigenvalue weighted by molar-refractivity contribution is 0.166. The lowest BCUT2D eigenvalue weighted by Gasteiger charge is -2.37. The van der Waals surface area contributed by atoms with Crippen LogP contribution in [0, 0.1) is 11.3 Å². The Bertz CT molecular complexity index is 671. The second kappa shape index (κ2) is 7.37. The van der Waals surface area contributed by atoms with Crippen molar-refractivity contribution in [2.75, 3.05) is 5.32 Å². The molecule has 5 nitrogen and oxygen atoms in total. The summed E-state index contributed by atoms with van der Waals surface area (Å²) in [6, 6.07) is 6.64. The van der Waals surface area contributed by atoms with Crippen molar-refractivity contribution in [3.05, 3.63) is 24.3 Å². The number of hydrogen-bond acceptors (Lipinski definition) is 3. The molecule has 4 N–H and O–H groups in total. The Balaban J connectivity index is 1.84. The minimum atomic E-state index is -3.66. The molecule has 1 aliphatic rings. The SMILES string of the molecule is CC(C)(C)C1CCC(NC(=S)Nc2ccc(S(N)(=O)=O)cc2)CC1. The van der Waals surface area contributed by atoms with E-state index in [9.17, 15) is 8.42 Å². The molecule has 0 atom stereocenters. The van der Waals surface area contributed by atoms with E-state index >= 15 is 0 Å². The summed E-state index contributed by atoms with van der Waals surface area (Å²) in [6.07, 6.45) is 4.67. The quantitative estimate of drug-likeness (QED) is 0.713. The van der Waals surface area contributed by atoms with Gasteiger partial charge in [0.25, 0.3) is 0 Å². The summed E-state index contributed by atoms with van der Waals surface area (Å²) in [5.74, 6) is 0.767. The van der Waals surface area contributed by atoms with Gasteiger partial charge in [0, 0.05) is 11.7 Å². The first-order valence-corrected chi connectivity index (χ1v) is 10.2. The van der Waals surface area contributed by atoms with Crippen LogP contribution in [0.4, 0.5) is 5.69 Å². The molecule has 2 rings (SSSR count). The Morgan fingerprint density at radius 1 is 1.12 bits per heavy atom. The van der Waals surface area contributed by atoms with Crippen molar-refractivity contribution in [3.8, 4) is 0 Å². The largest absolute Gasteiger partial charge is 0.360 e. The Morgan fingerprint density at radius 2 is 1.67 bits per heavy atom. The summed E-state index contributed by atoms with van der Waals surface area (Å²) in [7, 11) is -3.66. The fourth-order valence-corrected chi connectivity index (χ4v) is 3.98. The molecule has 24 heavy (non-hydrogen) atoms. The number of benzene rings is 1. The summed E-state index contributed by atoms with van der Waals surface area (Å²) in [4.78, 5) is 0.0902. The van der Waals surface area contributed by atoms with E-state index in [1.165, 1.54) is 25.0 Å². The van der Waals surface area contributed by atoms with Gasteiger partial charge in [-0.15, -0.1) is 0 Å². The molecule has 1 fully saturated rings. The van der Waals surface area contributed by atoms with Crippen LogP contribution in [0.2, 0.25) is 0 Å². The second-order valence-electron chi connectivity index (χ2n) is 7.58. The molecule has 0 unspecified atom stereocenters. The van der Waals surface area contributed by atoms with Gasteiger partial charge in [0.15, 0.2) is 5.11 Å². The molecule has 134 valence electrons. The standard InChI is InChI=1S/C17H27N3O2S2/c1-17(2,3)12-4-6-13(7-5-12)19-16(23)20-14-8-10-15(11-9-14)24(18,21)22/h8-13H,4-7H2,1-3H3,(H2,18,21,22)(H2,19,20,23). The maximum atomic E-state index is 11.2. The first-order valence-electron chi connectivity index (χ1n) is 8.26. The molecule has 1 saturated carbocycles. The van der Waals surface area contributed by atoms with Gasteiger partial charge in [-0.05, 0) is 73.5 Å². The van der Waals surface area contributed by atoms with Crippen molar-refractivity contribution < 1.29 is 8.42 Å². The van der Waals surface area contributed by atoms with Crippen LogP contribution in [-0.4, -0.2) is 19.6 Å². The molecule has 1 aliphatic carbocycles. The van der Waals surface area contributed by atoms with Gasteiger partial charge in [-0.1, -0.05) is 20.8 Å². The van der Waals surface area contributed by atoms with E-state index in [1.807, 2.05) is 0 Å². The molecule has 7 heteroatoms. The van der Waals surface area contributed by atoms with E-state index < -0.39 is 10.0 Å². The highest BCUT2D eigenvalue weighted by atomic mass is 32.2. The van der Waals surface area contributed by atoms with Crippen molar-refractivity contribution in [2.45, 2.75) is 57.4 Å². The van der Waals surface area contributed by atoms with E-state index in [0.717, 1.165) is 24.4 Å². The van der Waals surface area contributed by atoms with Crippen molar-refractivity contribution >= 4 is 33.0 Å². The maximum Gasteiger partial charge on any atom is 0.238 e. The van der Waals surface area contributed by atoms with Crippen LogP contribution in [0.25, 0.3) is 0 Å². The van der Waals surface area contributed by atoms with Crippen LogP contribution in [0.3, 0.4) is 0 Å². The number of rotatable bonds is 3. The lowest BCUT2D eigenvalue weighted by Crippen LogP contribution is -2.41. The topological polar surface area (TPSA) is 84.2 Å². The highest BCUT2D eigenvalue weighted by Gasteiger charge is 2.29. The summed E-state index contributed by atoms with van der Waals surface area (Å²) in [5, 5.41) is 12.1. The Hall–Kier alpha value is -1.18. The normalized spacial score (nSPS) is 22.0. The van der Waals surface area contributed by atoms with Gasteiger partial charge in [-0.2, -0.15) is 0 Å². The molecule has 0 saturated heterocycles. The minimum Gasteiger partial charge on any atom is -0.360 e. The second-order valence-corrected chi connectivity index (χ2v) is 9.55. The predicted octanol–water partition coefficient (Wildman–Crippen LogP) is 3.23. The van der Waals surface area contributed by atoms with Gasteiger partial charge in [0.1, 0.15) is 0 Å². The van der Waals surface area contributed by atoms with Gasteiger partial charge in [-0.25, -0.2) is 13.6 Å². The molecule has 1 aromatic carbocycles. The molecular formula is C17H27N3O2S2. The third kappa shape index (κ3) is 5.43. The number of anilines is 1. The monoisotopic (exact) mass is 369 g/mol. The molecule has 0 bridgehead atoms. The fourth-order valence-electron chi connectivity index (χ4n) is 3.18. The van der Waals surface area contributed by atoms with Crippen LogP contribution < -0.4 is 15.8 Å². The highest BCUT2D eigenvalue weighted by Crippen LogP contribution is 2.37. The third-order valence-electron chi connectivity index (χ3n) is 4.73. The fraction of sp³-hybridized carbons (Fsp3) is 0.588. The van der Waals surface area contributed by atoms with Crippen molar-refractivity contribution in [3.63, 3.8) is 0 Å². The molecule has 0 spiro atoms. The Kier molecular flexibility index (Phi) is 5.88. The van der Waals surface area contributed by atoms with Crippen LogP contribution in [0.5, 0.6) is 0 Å². The van der Waals surface area contributed by atoms with Crippen LogP contribution in [-0.2, 0) is 10.0 Å². The average molecular weight is 370 g/mol. The number of primary sulfonamides is 1. The van der Waals surface area contributed by atoms with Gasteiger partial charge in [-0.3, -0.25) is 0 Å². The van der Waals surface area contributed by atoms with E-state index in [2.05, 4.69) is 31.4 Å². The summed E-state index contributed by atoms with van der Waals surface area (Å²) in [6.45, 7) is 6.93. The number of sulfonamides is 1. The smallest absolute Gasteiger partial charge is 0.238 e. The maximum absolute atomic E-state index is 11.2. The lowest BCUT2D eigenvalue weighted by atomic mass is 9.71. The number of hydrogen-bond donors (Lipinski definition) is 3. The summed E-state index contributed by atoms with van der Waals surface area (Å²) in [5.41, 5.74) is 1.11. The molecule has 0 aromatic heterocycles. The van der Waals surface area contributed by atoms with Crippen LogP contribution in [0.15, 0.2) is 29.2 Å². The van der Waals surface area contributed by atoms with E-state index in [0.29, 0.717) is 16.6 Å². The molecule has 0 heterocycles. The average Bonchev–Trinajstić information content (AvgIpc) is 2.46. The van der Waals surface area contributed by atoms with Crippen molar-refractivity contribution in [2.24, 2.45) is 16.5 Å². The first-order chi connectivity index (χ1) is 11.1. The van der Waals surface area contributed by atoms with Gasteiger partial charge < -0.3 is 10.6 Å². The zero-order valence-corrected chi connectivity index (χ0v) is 16.1. The third-order valence-corrected chi connectivity index (χ3v) is 5.88. The van der Waals surface area contributed by atoms with E-state index in [-0.39, 0.29) is 4.90 Å². The van der Waals surface area contributed by atoms with Crippen LogP contribution in [0.1, 0.15) is 46.5 Å². The zero-order valence-electron chi connectivity index (χ0n) is 14.5. The summed E-state index contributed by atoms with van der Waals surface area (Å²) >= 11 is 5.36. The Morgan fingerprint density at radius 3 is 2.12 bits per heavy atom. The molecule has 0 radical (unpaired) electrons. The molecule has 1 aromatic rings. The first kappa shape index (κ1) is 19.1. The number of thiocarbonyl (C=S) groups is 1. The van der Waals surface area contributed by atoms with Gasteiger partial charge in [0.2, 0.25) is 10.0 Å². The molecule has 0 amide bonds. The molecular weight excluding hydrogens is 342 g/mol. The van der Waals surface area contributed by atoms with Crippen molar-refractivity contribution in [1.82, 2.24) is 5.32 Å². The van der Waals surface area contributed by atoms with E-state index in [1.54, 1.807) is 12.1 Å². The summed E-state index contributed by atoms with van der Waals surface area (Å²) < 4.78 is 22.5. The van der Waals surface area contributed by atoms with Gasteiger partial charge in [0.05, 0.1) is 4.90 Å². The van der Waals surface area contributed by atoms with Crippen LogP contribution >= 0.6 is 12.2 Å². The van der Waals surface area contributed by atoms with Crippen molar-refractivity contribution in [1.29, 1.82) is 0 Å². The van der Waals surface area contributed by atoms with E-state index in [4.69, 9.17) is 17.4 Å². The molecule has 0 aliphatic heterocycles. The number of nitrogens with one attached hydrogen (secondary N) is 2.